The molecule has 3 aromatic carbocycles. The molecular formula is C29H26Cl2N4O3. The second kappa shape index (κ2) is 10.9. The van der Waals surface area contributed by atoms with Crippen LogP contribution in [0.5, 0.6) is 5.75 Å². The lowest BCUT2D eigenvalue weighted by atomic mass is 9.82. The van der Waals surface area contributed by atoms with E-state index in [1.165, 1.54) is 10.7 Å². The summed E-state index contributed by atoms with van der Waals surface area (Å²) in [5.41, 5.74) is 4.55. The van der Waals surface area contributed by atoms with Crippen molar-refractivity contribution in [3.8, 4) is 17.0 Å². The summed E-state index contributed by atoms with van der Waals surface area (Å²) in [7, 11) is 0. The second-order valence-corrected chi connectivity index (χ2v) is 10.3. The Morgan fingerprint density at radius 3 is 2.45 bits per heavy atom. The summed E-state index contributed by atoms with van der Waals surface area (Å²) in [6.45, 7) is 2.21. The number of anilines is 1. The van der Waals surface area contributed by atoms with E-state index < -0.39 is 0 Å². The Bertz CT molecular complexity index is 1510. The molecule has 194 valence electrons. The third-order valence-electron chi connectivity index (χ3n) is 6.72. The van der Waals surface area contributed by atoms with E-state index in [-0.39, 0.29) is 30.2 Å². The predicted molar refractivity (Wildman–Crippen MR) is 149 cm³/mol. The molecule has 2 amide bonds. The van der Waals surface area contributed by atoms with Crippen LogP contribution in [0.25, 0.3) is 11.3 Å². The number of amides is 2. The van der Waals surface area contributed by atoms with Gasteiger partial charge in [-0.05, 0) is 73.9 Å². The maximum atomic E-state index is 13.2. The highest BCUT2D eigenvalue weighted by molar-refractivity contribution is 6.42. The van der Waals surface area contributed by atoms with Gasteiger partial charge in [-0.1, -0.05) is 53.4 Å². The molecule has 0 atom stereocenters. The largest absolute Gasteiger partial charge is 0.507 e. The topological polar surface area (TPSA) is 96.2 Å². The first kappa shape index (κ1) is 25.8. The number of hydrogen-bond donors (Lipinski definition) is 3. The fourth-order valence-corrected chi connectivity index (χ4v) is 4.63. The summed E-state index contributed by atoms with van der Waals surface area (Å²) in [4.78, 5) is 25.9. The van der Waals surface area contributed by atoms with Crippen LogP contribution in [-0.4, -0.2) is 26.8 Å². The highest BCUT2D eigenvalue weighted by atomic mass is 35.5. The van der Waals surface area contributed by atoms with Crippen molar-refractivity contribution in [3.05, 3.63) is 99.2 Å². The average Bonchev–Trinajstić information content (AvgIpc) is 3.29. The number of aromatic hydroxyl groups is 1. The number of phenolic OH excluding ortho intramolecular Hbond substituents is 1. The van der Waals surface area contributed by atoms with E-state index in [4.69, 9.17) is 23.2 Å². The van der Waals surface area contributed by atoms with E-state index in [1.54, 1.807) is 42.5 Å². The zero-order chi connectivity index (χ0) is 26.8. The summed E-state index contributed by atoms with van der Waals surface area (Å²) in [6.07, 6.45) is 3.01. The van der Waals surface area contributed by atoms with Crippen LogP contribution in [0.4, 0.5) is 10.5 Å². The Balaban J connectivity index is 1.39. The van der Waals surface area contributed by atoms with Gasteiger partial charge in [-0.3, -0.25) is 4.79 Å². The Morgan fingerprint density at radius 1 is 1.00 bits per heavy atom. The summed E-state index contributed by atoms with van der Waals surface area (Å²) in [6, 6.07) is 18.7. The molecule has 0 unspecified atom stereocenters. The minimum atomic E-state index is -0.382. The van der Waals surface area contributed by atoms with Crippen LogP contribution in [0.2, 0.25) is 10.0 Å². The number of aryl methyl sites for hydroxylation is 1. The lowest BCUT2D eigenvalue weighted by Gasteiger charge is -2.25. The number of phenols is 1. The third-order valence-corrected chi connectivity index (χ3v) is 7.46. The van der Waals surface area contributed by atoms with Gasteiger partial charge in [0, 0.05) is 29.3 Å². The standard InChI is InChI=1S/C29H26Cl2N4O3/c1-17-5-8-20(9-6-17)28(37)33-21-10-12-27(36)22(14-21)25-15-26(19-3-2-4-19)35(34-25)29(38)32-16-18-7-11-23(30)24(31)13-18/h5-15,19,36H,2-4,16H2,1H3,(H,32,38)(H,33,37). The van der Waals surface area contributed by atoms with Gasteiger partial charge in [-0.2, -0.15) is 9.78 Å². The van der Waals surface area contributed by atoms with Gasteiger partial charge < -0.3 is 15.7 Å². The third kappa shape index (κ3) is 5.54. The fraction of sp³-hybridized carbons (Fsp3) is 0.207. The molecule has 1 aliphatic carbocycles. The molecule has 1 aliphatic rings. The van der Waals surface area contributed by atoms with Crippen LogP contribution in [0.15, 0.2) is 66.7 Å². The van der Waals surface area contributed by atoms with Gasteiger partial charge in [0.1, 0.15) is 5.75 Å². The predicted octanol–water partition coefficient (Wildman–Crippen LogP) is 7.15. The van der Waals surface area contributed by atoms with Gasteiger partial charge in [0.25, 0.3) is 5.91 Å². The number of carbonyl (C=O) groups excluding carboxylic acids is 2. The van der Waals surface area contributed by atoms with E-state index >= 15 is 0 Å². The van der Waals surface area contributed by atoms with Crippen LogP contribution in [-0.2, 0) is 6.54 Å². The van der Waals surface area contributed by atoms with Gasteiger partial charge in [-0.15, -0.1) is 0 Å². The quantitative estimate of drug-likeness (QED) is 0.223. The number of rotatable bonds is 6. The molecule has 38 heavy (non-hydrogen) atoms. The molecule has 4 aromatic rings. The lowest BCUT2D eigenvalue weighted by molar-refractivity contribution is 0.102. The molecule has 5 rings (SSSR count). The minimum Gasteiger partial charge on any atom is -0.507 e. The molecule has 0 radical (unpaired) electrons. The van der Waals surface area contributed by atoms with Crippen molar-refractivity contribution in [2.75, 3.05) is 5.32 Å². The minimum absolute atomic E-state index is 0.000594. The summed E-state index contributed by atoms with van der Waals surface area (Å²) in [5, 5.41) is 21.8. The van der Waals surface area contributed by atoms with Crippen molar-refractivity contribution >= 4 is 40.8 Å². The number of halogens is 2. The van der Waals surface area contributed by atoms with Crippen LogP contribution in [0.1, 0.15) is 52.4 Å². The van der Waals surface area contributed by atoms with Crippen molar-refractivity contribution < 1.29 is 14.7 Å². The molecule has 1 saturated carbocycles. The van der Waals surface area contributed by atoms with Crippen molar-refractivity contribution in [2.45, 2.75) is 38.6 Å². The molecular weight excluding hydrogens is 523 g/mol. The maximum Gasteiger partial charge on any atom is 0.342 e. The number of nitrogens with one attached hydrogen (secondary N) is 2. The van der Waals surface area contributed by atoms with Gasteiger partial charge in [0.15, 0.2) is 0 Å². The molecule has 1 aromatic heterocycles. The maximum absolute atomic E-state index is 13.2. The molecule has 0 bridgehead atoms. The number of nitrogens with zero attached hydrogens (tertiary/aromatic N) is 2. The number of carbonyl (C=O) groups is 2. The molecule has 0 saturated heterocycles. The first-order valence-electron chi connectivity index (χ1n) is 12.3. The molecule has 0 spiro atoms. The highest BCUT2D eigenvalue weighted by Gasteiger charge is 2.27. The van der Waals surface area contributed by atoms with Gasteiger partial charge in [-0.25, -0.2) is 4.79 Å². The van der Waals surface area contributed by atoms with Crippen molar-refractivity contribution in [2.24, 2.45) is 0 Å². The van der Waals surface area contributed by atoms with E-state index in [1.807, 2.05) is 25.1 Å². The highest BCUT2D eigenvalue weighted by Crippen LogP contribution is 2.39. The Labute approximate surface area is 230 Å². The van der Waals surface area contributed by atoms with E-state index in [0.29, 0.717) is 32.6 Å². The van der Waals surface area contributed by atoms with Crippen LogP contribution in [0, 0.1) is 6.92 Å². The van der Waals surface area contributed by atoms with Gasteiger partial charge >= 0.3 is 6.03 Å². The number of benzene rings is 3. The summed E-state index contributed by atoms with van der Waals surface area (Å²) >= 11 is 12.1. The van der Waals surface area contributed by atoms with Gasteiger partial charge in [0.2, 0.25) is 0 Å². The molecule has 7 nitrogen and oxygen atoms in total. The van der Waals surface area contributed by atoms with Crippen LogP contribution in [0.3, 0.4) is 0 Å². The zero-order valence-electron chi connectivity index (χ0n) is 20.7. The monoisotopic (exact) mass is 548 g/mol. The first-order valence-corrected chi connectivity index (χ1v) is 13.1. The van der Waals surface area contributed by atoms with Crippen LogP contribution >= 0.6 is 23.2 Å². The molecule has 0 aliphatic heterocycles. The molecule has 1 fully saturated rings. The van der Waals surface area contributed by atoms with Crippen LogP contribution < -0.4 is 10.6 Å². The zero-order valence-corrected chi connectivity index (χ0v) is 22.2. The van der Waals surface area contributed by atoms with Crippen molar-refractivity contribution in [1.82, 2.24) is 15.1 Å². The number of aromatic nitrogens is 2. The van der Waals surface area contributed by atoms with E-state index in [2.05, 4.69) is 15.7 Å². The van der Waals surface area contributed by atoms with E-state index in [0.717, 1.165) is 36.1 Å². The second-order valence-electron chi connectivity index (χ2n) is 9.45. The molecule has 3 N–H and O–H groups in total. The van der Waals surface area contributed by atoms with Crippen molar-refractivity contribution in [1.29, 1.82) is 0 Å². The number of hydrogen-bond acceptors (Lipinski definition) is 4. The Morgan fingerprint density at radius 2 is 1.76 bits per heavy atom. The SMILES string of the molecule is Cc1ccc(C(=O)Nc2ccc(O)c(-c3cc(C4CCC4)n(C(=O)NCc4ccc(Cl)c(Cl)c4)n3)c2)cc1. The summed E-state index contributed by atoms with van der Waals surface area (Å²) in [5.74, 6) is -0.0538. The normalized spacial score (nSPS) is 13.1. The Hall–Kier alpha value is -3.81. The molecule has 1 heterocycles. The first-order chi connectivity index (χ1) is 18.3. The summed E-state index contributed by atoms with van der Waals surface area (Å²) < 4.78 is 1.37. The smallest absolute Gasteiger partial charge is 0.342 e. The Kier molecular flexibility index (Phi) is 7.40. The fourth-order valence-electron chi connectivity index (χ4n) is 4.31. The van der Waals surface area contributed by atoms with Crippen molar-refractivity contribution in [3.63, 3.8) is 0 Å². The van der Waals surface area contributed by atoms with E-state index in [9.17, 15) is 14.7 Å². The average molecular weight is 549 g/mol. The van der Waals surface area contributed by atoms with Gasteiger partial charge in [0.05, 0.1) is 21.4 Å². The lowest BCUT2D eigenvalue weighted by Crippen LogP contribution is -2.31. The molecule has 9 heteroatoms.